The summed E-state index contributed by atoms with van der Waals surface area (Å²) >= 11 is 0. The molecule has 0 aliphatic carbocycles. The minimum Gasteiger partial charge on any atom is -0.508 e. The molecule has 0 spiro atoms. The van der Waals surface area contributed by atoms with Gasteiger partial charge in [-0.2, -0.15) is 4.98 Å². The third-order valence-corrected chi connectivity index (χ3v) is 2.82. The molecule has 2 rings (SSSR count). The molecule has 2 aromatic rings. The highest BCUT2D eigenvalue weighted by molar-refractivity contribution is 5.26. The number of nitrogens with two attached hydrogens (primary N) is 1. The molecule has 0 radical (unpaired) electrons. The van der Waals surface area contributed by atoms with E-state index in [1.165, 1.54) is 0 Å². The second-order valence-corrected chi connectivity index (χ2v) is 5.68. The molecule has 1 aromatic carbocycles. The number of benzene rings is 1. The van der Waals surface area contributed by atoms with Crippen molar-refractivity contribution in [3.63, 3.8) is 0 Å². The van der Waals surface area contributed by atoms with E-state index in [4.69, 9.17) is 10.3 Å². The maximum Gasteiger partial charge on any atom is 0.243 e. The Morgan fingerprint density at radius 3 is 2.42 bits per heavy atom. The highest BCUT2D eigenvalue weighted by Gasteiger charge is 2.23. The van der Waals surface area contributed by atoms with Crippen molar-refractivity contribution in [2.75, 3.05) is 0 Å². The molecule has 0 bridgehead atoms. The minimum atomic E-state index is -0.340. The zero-order chi connectivity index (χ0) is 14.0. The standard InChI is InChI=1S/C14H19N3O2/c1-14(2,3)13-16-12(19-17-13)11(15)8-9-4-6-10(18)7-5-9/h4-7,11,18H,8,15H2,1-3H3/t11-/m1/s1. The van der Waals surface area contributed by atoms with Gasteiger partial charge in [0.15, 0.2) is 5.82 Å². The summed E-state index contributed by atoms with van der Waals surface area (Å²) < 4.78 is 5.21. The van der Waals surface area contributed by atoms with E-state index in [0.717, 1.165) is 5.56 Å². The van der Waals surface area contributed by atoms with E-state index in [0.29, 0.717) is 18.1 Å². The molecule has 5 heteroatoms. The molecule has 0 aliphatic heterocycles. The van der Waals surface area contributed by atoms with Crippen LogP contribution >= 0.6 is 0 Å². The first-order chi connectivity index (χ1) is 8.86. The van der Waals surface area contributed by atoms with Crippen LogP contribution in [-0.2, 0) is 11.8 Å². The van der Waals surface area contributed by atoms with Crippen LogP contribution in [0.3, 0.4) is 0 Å². The molecule has 1 aromatic heterocycles. The van der Waals surface area contributed by atoms with Crippen molar-refractivity contribution in [3.8, 4) is 5.75 Å². The molecule has 0 saturated heterocycles. The summed E-state index contributed by atoms with van der Waals surface area (Å²) in [4.78, 5) is 4.34. The van der Waals surface area contributed by atoms with Crippen molar-refractivity contribution in [2.24, 2.45) is 5.73 Å². The zero-order valence-corrected chi connectivity index (χ0v) is 11.4. The van der Waals surface area contributed by atoms with E-state index in [9.17, 15) is 5.11 Å². The summed E-state index contributed by atoms with van der Waals surface area (Å²) in [5.41, 5.74) is 6.92. The van der Waals surface area contributed by atoms with Crippen LogP contribution in [0, 0.1) is 0 Å². The first kappa shape index (κ1) is 13.5. The van der Waals surface area contributed by atoms with Crippen LogP contribution in [0.5, 0.6) is 5.75 Å². The first-order valence-corrected chi connectivity index (χ1v) is 6.24. The molecule has 3 N–H and O–H groups in total. The monoisotopic (exact) mass is 261 g/mol. The van der Waals surface area contributed by atoms with Crippen molar-refractivity contribution in [2.45, 2.75) is 38.6 Å². The minimum absolute atomic E-state index is 0.153. The summed E-state index contributed by atoms with van der Waals surface area (Å²) in [5, 5.41) is 13.2. The Balaban J connectivity index is 2.09. The summed E-state index contributed by atoms with van der Waals surface area (Å²) in [5.74, 6) is 1.34. The Labute approximate surface area is 112 Å². The SMILES string of the molecule is CC(C)(C)c1noc([C@H](N)Cc2ccc(O)cc2)n1. The molecular formula is C14H19N3O2. The molecule has 0 saturated carbocycles. The van der Waals surface area contributed by atoms with Gasteiger partial charge in [-0.3, -0.25) is 0 Å². The molecule has 0 fully saturated rings. The molecule has 0 amide bonds. The van der Waals surface area contributed by atoms with Gasteiger partial charge in [-0.15, -0.1) is 0 Å². The maximum absolute atomic E-state index is 9.23. The van der Waals surface area contributed by atoms with E-state index >= 15 is 0 Å². The number of hydrogen-bond acceptors (Lipinski definition) is 5. The summed E-state index contributed by atoms with van der Waals surface area (Å²) in [6.45, 7) is 6.06. The Kier molecular flexibility index (Phi) is 3.57. The molecule has 0 aliphatic rings. The van der Waals surface area contributed by atoms with E-state index < -0.39 is 0 Å². The Bertz CT molecular complexity index is 541. The molecular weight excluding hydrogens is 242 g/mol. The lowest BCUT2D eigenvalue weighted by atomic mass is 9.96. The number of rotatable bonds is 3. The second-order valence-electron chi connectivity index (χ2n) is 5.68. The van der Waals surface area contributed by atoms with Gasteiger partial charge in [-0.05, 0) is 24.1 Å². The number of phenolic OH excluding ortho intramolecular Hbond substituents is 1. The number of hydrogen-bond donors (Lipinski definition) is 2. The molecule has 19 heavy (non-hydrogen) atoms. The molecule has 1 atom stereocenters. The topological polar surface area (TPSA) is 85.2 Å². The quantitative estimate of drug-likeness (QED) is 0.885. The smallest absolute Gasteiger partial charge is 0.243 e. The van der Waals surface area contributed by atoms with Gasteiger partial charge in [0, 0.05) is 5.41 Å². The van der Waals surface area contributed by atoms with Crippen molar-refractivity contribution in [1.29, 1.82) is 0 Å². The van der Waals surface area contributed by atoms with Gasteiger partial charge in [0.25, 0.3) is 0 Å². The van der Waals surface area contributed by atoms with Gasteiger partial charge in [0.05, 0.1) is 6.04 Å². The molecule has 1 heterocycles. The predicted molar refractivity (Wildman–Crippen MR) is 71.7 cm³/mol. The van der Waals surface area contributed by atoms with Gasteiger partial charge in [-0.1, -0.05) is 38.1 Å². The van der Waals surface area contributed by atoms with Crippen LogP contribution in [0.25, 0.3) is 0 Å². The average Bonchev–Trinajstić information content (AvgIpc) is 2.81. The molecule has 102 valence electrons. The van der Waals surface area contributed by atoms with Gasteiger partial charge in [0.1, 0.15) is 5.75 Å². The third kappa shape index (κ3) is 3.32. The molecule has 5 nitrogen and oxygen atoms in total. The highest BCUT2D eigenvalue weighted by Crippen LogP contribution is 2.22. The van der Waals surface area contributed by atoms with Crippen molar-refractivity contribution in [1.82, 2.24) is 10.1 Å². The van der Waals surface area contributed by atoms with E-state index in [1.54, 1.807) is 12.1 Å². The number of phenols is 1. The summed E-state index contributed by atoms with van der Waals surface area (Å²) in [6.07, 6.45) is 0.589. The van der Waals surface area contributed by atoms with Crippen LogP contribution in [-0.4, -0.2) is 15.2 Å². The largest absolute Gasteiger partial charge is 0.508 e. The summed E-state index contributed by atoms with van der Waals surface area (Å²) in [7, 11) is 0. The second kappa shape index (κ2) is 5.01. The fourth-order valence-corrected chi connectivity index (χ4v) is 1.66. The lowest BCUT2D eigenvalue weighted by Crippen LogP contribution is -2.16. The third-order valence-electron chi connectivity index (χ3n) is 2.82. The molecule has 0 unspecified atom stereocenters. The van der Waals surface area contributed by atoms with Gasteiger partial charge in [0.2, 0.25) is 5.89 Å². The fourth-order valence-electron chi connectivity index (χ4n) is 1.66. The van der Waals surface area contributed by atoms with Crippen LogP contribution in [0.1, 0.15) is 44.1 Å². The van der Waals surface area contributed by atoms with E-state index in [2.05, 4.69) is 10.1 Å². The first-order valence-electron chi connectivity index (χ1n) is 6.24. The Hall–Kier alpha value is -1.88. The number of nitrogens with zero attached hydrogens (tertiary/aromatic N) is 2. The van der Waals surface area contributed by atoms with Gasteiger partial charge >= 0.3 is 0 Å². The number of aromatic nitrogens is 2. The van der Waals surface area contributed by atoms with Crippen molar-refractivity contribution >= 4 is 0 Å². The highest BCUT2D eigenvalue weighted by atomic mass is 16.5. The Morgan fingerprint density at radius 1 is 1.26 bits per heavy atom. The van der Waals surface area contributed by atoms with Gasteiger partial charge < -0.3 is 15.4 Å². The lowest BCUT2D eigenvalue weighted by Gasteiger charge is -2.11. The normalized spacial score (nSPS) is 13.5. The summed E-state index contributed by atoms with van der Waals surface area (Å²) in [6, 6.07) is 6.59. The zero-order valence-electron chi connectivity index (χ0n) is 11.4. The van der Waals surface area contributed by atoms with Crippen LogP contribution in [0.4, 0.5) is 0 Å². The van der Waals surface area contributed by atoms with Gasteiger partial charge in [-0.25, -0.2) is 0 Å². The van der Waals surface area contributed by atoms with E-state index in [1.807, 2.05) is 32.9 Å². The van der Waals surface area contributed by atoms with Crippen LogP contribution in [0.2, 0.25) is 0 Å². The maximum atomic E-state index is 9.23. The van der Waals surface area contributed by atoms with Crippen molar-refractivity contribution in [3.05, 3.63) is 41.5 Å². The van der Waals surface area contributed by atoms with E-state index in [-0.39, 0.29) is 17.2 Å². The Morgan fingerprint density at radius 2 is 1.89 bits per heavy atom. The fraction of sp³-hybridized carbons (Fsp3) is 0.429. The van der Waals surface area contributed by atoms with Crippen molar-refractivity contribution < 1.29 is 9.63 Å². The average molecular weight is 261 g/mol. The number of aromatic hydroxyl groups is 1. The van der Waals surface area contributed by atoms with Crippen LogP contribution in [0.15, 0.2) is 28.8 Å². The predicted octanol–water partition coefficient (Wildman–Crippen LogP) is 2.32. The van der Waals surface area contributed by atoms with Crippen LogP contribution < -0.4 is 5.73 Å². The lowest BCUT2D eigenvalue weighted by molar-refractivity contribution is 0.343.